The molecule has 0 spiro atoms. The standard InChI is InChI=1S/C16H18N2O3/c1-12-2-7-15(16(10-12)18(20)21)17-9-8-13-3-5-14(11-19)6-4-13/h2-7,10,17,19H,8-9,11H2,1H3. The van der Waals surface area contributed by atoms with Crippen LogP contribution in [0.5, 0.6) is 0 Å². The fourth-order valence-electron chi connectivity index (χ4n) is 2.10. The lowest BCUT2D eigenvalue weighted by Crippen LogP contribution is -2.07. The van der Waals surface area contributed by atoms with Gasteiger partial charge in [-0.25, -0.2) is 0 Å². The molecule has 0 heterocycles. The molecule has 0 amide bonds. The van der Waals surface area contributed by atoms with E-state index >= 15 is 0 Å². The van der Waals surface area contributed by atoms with E-state index in [0.717, 1.165) is 23.1 Å². The Morgan fingerprint density at radius 2 is 1.81 bits per heavy atom. The number of anilines is 1. The Balaban J connectivity index is 1.98. The number of hydrogen-bond acceptors (Lipinski definition) is 4. The van der Waals surface area contributed by atoms with Crippen molar-refractivity contribution >= 4 is 11.4 Å². The predicted octanol–water partition coefficient (Wildman–Crippen LogP) is 3.05. The van der Waals surface area contributed by atoms with E-state index in [4.69, 9.17) is 5.11 Å². The van der Waals surface area contributed by atoms with Gasteiger partial charge in [-0.05, 0) is 36.1 Å². The van der Waals surface area contributed by atoms with E-state index in [1.54, 1.807) is 12.1 Å². The first-order valence-corrected chi connectivity index (χ1v) is 6.78. The van der Waals surface area contributed by atoms with E-state index in [1.807, 2.05) is 37.3 Å². The zero-order valence-electron chi connectivity index (χ0n) is 11.9. The molecular weight excluding hydrogens is 268 g/mol. The largest absolute Gasteiger partial charge is 0.392 e. The summed E-state index contributed by atoms with van der Waals surface area (Å²) in [7, 11) is 0. The zero-order valence-corrected chi connectivity index (χ0v) is 11.9. The van der Waals surface area contributed by atoms with Crippen LogP contribution >= 0.6 is 0 Å². The van der Waals surface area contributed by atoms with Gasteiger partial charge in [0.05, 0.1) is 11.5 Å². The second-order valence-electron chi connectivity index (χ2n) is 4.93. The third kappa shape index (κ3) is 4.03. The van der Waals surface area contributed by atoms with Gasteiger partial charge in [0.25, 0.3) is 5.69 Å². The lowest BCUT2D eigenvalue weighted by molar-refractivity contribution is -0.384. The van der Waals surface area contributed by atoms with E-state index in [0.29, 0.717) is 12.2 Å². The van der Waals surface area contributed by atoms with Crippen LogP contribution in [0.4, 0.5) is 11.4 Å². The molecule has 0 aliphatic heterocycles. The van der Waals surface area contributed by atoms with Crippen LogP contribution in [0, 0.1) is 17.0 Å². The van der Waals surface area contributed by atoms with Crippen LogP contribution in [0.1, 0.15) is 16.7 Å². The number of nitrogens with zero attached hydrogens (tertiary/aromatic N) is 1. The predicted molar refractivity (Wildman–Crippen MR) is 82.4 cm³/mol. The third-order valence-electron chi connectivity index (χ3n) is 3.28. The number of aliphatic hydroxyl groups excluding tert-OH is 1. The topological polar surface area (TPSA) is 75.4 Å². The fourth-order valence-corrected chi connectivity index (χ4v) is 2.10. The highest BCUT2D eigenvalue weighted by Crippen LogP contribution is 2.25. The van der Waals surface area contributed by atoms with Gasteiger partial charge in [0.1, 0.15) is 5.69 Å². The molecule has 110 valence electrons. The molecule has 0 bridgehead atoms. The van der Waals surface area contributed by atoms with Gasteiger partial charge in [-0.3, -0.25) is 10.1 Å². The van der Waals surface area contributed by atoms with E-state index in [1.165, 1.54) is 0 Å². The highest BCUT2D eigenvalue weighted by Gasteiger charge is 2.12. The van der Waals surface area contributed by atoms with Crippen LogP contribution in [-0.2, 0) is 13.0 Å². The van der Waals surface area contributed by atoms with Crippen molar-refractivity contribution in [3.63, 3.8) is 0 Å². The van der Waals surface area contributed by atoms with Crippen molar-refractivity contribution in [3.8, 4) is 0 Å². The molecule has 0 aliphatic rings. The van der Waals surface area contributed by atoms with Crippen molar-refractivity contribution in [2.75, 3.05) is 11.9 Å². The van der Waals surface area contributed by atoms with Crippen LogP contribution in [-0.4, -0.2) is 16.6 Å². The summed E-state index contributed by atoms with van der Waals surface area (Å²) in [5.74, 6) is 0. The molecule has 0 aliphatic carbocycles. The highest BCUT2D eigenvalue weighted by atomic mass is 16.6. The summed E-state index contributed by atoms with van der Waals surface area (Å²) in [5.41, 5.74) is 3.50. The van der Waals surface area contributed by atoms with E-state index in [-0.39, 0.29) is 17.2 Å². The van der Waals surface area contributed by atoms with Gasteiger partial charge >= 0.3 is 0 Å². The maximum Gasteiger partial charge on any atom is 0.292 e. The number of aryl methyl sites for hydroxylation is 1. The fraction of sp³-hybridized carbons (Fsp3) is 0.250. The molecule has 0 saturated carbocycles. The minimum atomic E-state index is -0.370. The molecule has 0 atom stereocenters. The molecule has 2 rings (SSSR count). The molecule has 0 unspecified atom stereocenters. The first kappa shape index (κ1) is 15.0. The quantitative estimate of drug-likeness (QED) is 0.632. The molecule has 0 radical (unpaired) electrons. The van der Waals surface area contributed by atoms with E-state index in [9.17, 15) is 10.1 Å². The number of nitro benzene ring substituents is 1. The van der Waals surface area contributed by atoms with Gasteiger partial charge in [0, 0.05) is 12.6 Å². The Bertz CT molecular complexity index is 624. The summed E-state index contributed by atoms with van der Waals surface area (Å²) >= 11 is 0. The van der Waals surface area contributed by atoms with Crippen molar-refractivity contribution in [2.45, 2.75) is 20.0 Å². The van der Waals surface area contributed by atoms with Gasteiger partial charge in [0.15, 0.2) is 0 Å². The highest BCUT2D eigenvalue weighted by molar-refractivity contribution is 5.62. The maximum atomic E-state index is 11.0. The summed E-state index contributed by atoms with van der Waals surface area (Å²) in [6.07, 6.45) is 0.761. The van der Waals surface area contributed by atoms with Crippen molar-refractivity contribution in [1.82, 2.24) is 0 Å². The molecule has 5 heteroatoms. The van der Waals surface area contributed by atoms with Crippen molar-refractivity contribution in [3.05, 3.63) is 69.3 Å². The van der Waals surface area contributed by atoms with Gasteiger partial charge < -0.3 is 10.4 Å². The third-order valence-corrected chi connectivity index (χ3v) is 3.28. The maximum absolute atomic E-state index is 11.0. The van der Waals surface area contributed by atoms with Crippen molar-refractivity contribution in [2.24, 2.45) is 0 Å². The minimum Gasteiger partial charge on any atom is -0.392 e. The van der Waals surface area contributed by atoms with E-state index < -0.39 is 0 Å². The Morgan fingerprint density at radius 3 is 2.43 bits per heavy atom. The molecule has 21 heavy (non-hydrogen) atoms. The second kappa shape index (κ2) is 6.85. The number of aliphatic hydroxyl groups is 1. The smallest absolute Gasteiger partial charge is 0.292 e. The average molecular weight is 286 g/mol. The lowest BCUT2D eigenvalue weighted by atomic mass is 10.1. The molecule has 2 N–H and O–H groups in total. The molecule has 2 aromatic carbocycles. The Kier molecular flexibility index (Phi) is 4.90. The summed E-state index contributed by atoms with van der Waals surface area (Å²) in [5, 5.41) is 23.1. The first-order chi connectivity index (χ1) is 10.1. The SMILES string of the molecule is Cc1ccc(NCCc2ccc(CO)cc2)c([N+](=O)[O-])c1. The molecule has 5 nitrogen and oxygen atoms in total. The zero-order chi connectivity index (χ0) is 15.2. The molecule has 2 aromatic rings. The van der Waals surface area contributed by atoms with Crippen molar-refractivity contribution < 1.29 is 10.0 Å². The van der Waals surface area contributed by atoms with Crippen LogP contribution in [0.3, 0.4) is 0 Å². The minimum absolute atomic E-state index is 0.0358. The van der Waals surface area contributed by atoms with Gasteiger partial charge in [-0.15, -0.1) is 0 Å². The Morgan fingerprint density at radius 1 is 1.14 bits per heavy atom. The van der Waals surface area contributed by atoms with Gasteiger partial charge in [-0.1, -0.05) is 30.3 Å². The number of nitrogens with one attached hydrogen (secondary N) is 1. The Hall–Kier alpha value is -2.40. The normalized spacial score (nSPS) is 10.4. The molecule has 0 saturated heterocycles. The molecule has 0 fully saturated rings. The van der Waals surface area contributed by atoms with Crippen LogP contribution in [0.2, 0.25) is 0 Å². The van der Waals surface area contributed by atoms with Crippen LogP contribution in [0.15, 0.2) is 42.5 Å². The average Bonchev–Trinajstić information content (AvgIpc) is 2.49. The van der Waals surface area contributed by atoms with E-state index in [2.05, 4.69) is 5.32 Å². The second-order valence-corrected chi connectivity index (χ2v) is 4.93. The Labute approximate surface area is 123 Å². The number of nitro groups is 1. The molecule has 0 aromatic heterocycles. The number of rotatable bonds is 6. The summed E-state index contributed by atoms with van der Waals surface area (Å²) in [6.45, 7) is 2.48. The lowest BCUT2D eigenvalue weighted by Gasteiger charge is -2.08. The van der Waals surface area contributed by atoms with Crippen LogP contribution in [0.25, 0.3) is 0 Å². The van der Waals surface area contributed by atoms with Crippen molar-refractivity contribution in [1.29, 1.82) is 0 Å². The molecular formula is C16H18N2O3. The first-order valence-electron chi connectivity index (χ1n) is 6.78. The summed E-state index contributed by atoms with van der Waals surface area (Å²) in [6, 6.07) is 12.8. The summed E-state index contributed by atoms with van der Waals surface area (Å²) in [4.78, 5) is 10.6. The van der Waals surface area contributed by atoms with Gasteiger partial charge in [0.2, 0.25) is 0 Å². The monoisotopic (exact) mass is 286 g/mol. The van der Waals surface area contributed by atoms with Gasteiger partial charge in [-0.2, -0.15) is 0 Å². The van der Waals surface area contributed by atoms with Crippen LogP contribution < -0.4 is 5.32 Å². The summed E-state index contributed by atoms with van der Waals surface area (Å²) < 4.78 is 0. The number of hydrogen-bond donors (Lipinski definition) is 2. The number of benzene rings is 2.